The van der Waals surface area contributed by atoms with Crippen molar-refractivity contribution in [2.75, 3.05) is 31.6 Å². The van der Waals surface area contributed by atoms with Gasteiger partial charge in [0.25, 0.3) is 0 Å². The third-order valence-electron chi connectivity index (χ3n) is 5.91. The lowest BCUT2D eigenvalue weighted by Crippen LogP contribution is -2.40. The van der Waals surface area contributed by atoms with E-state index < -0.39 is 15.6 Å². The number of sulfonamides is 1. The summed E-state index contributed by atoms with van der Waals surface area (Å²) >= 11 is 6.13. The molecule has 1 aliphatic carbocycles. The Kier molecular flexibility index (Phi) is 6.50. The van der Waals surface area contributed by atoms with Crippen molar-refractivity contribution in [3.63, 3.8) is 0 Å². The molecule has 2 aliphatic rings. The van der Waals surface area contributed by atoms with Gasteiger partial charge in [-0.15, -0.1) is 0 Å². The van der Waals surface area contributed by atoms with Gasteiger partial charge in [-0.1, -0.05) is 11.6 Å². The van der Waals surface area contributed by atoms with Crippen molar-refractivity contribution in [2.45, 2.75) is 49.1 Å². The maximum absolute atomic E-state index is 12.8. The first kappa shape index (κ1) is 22.4. The largest absolute Gasteiger partial charge is 0.390 e. The van der Waals surface area contributed by atoms with Crippen LogP contribution < -0.4 is 5.32 Å². The highest BCUT2D eigenvalue weighted by Gasteiger charge is 2.29. The van der Waals surface area contributed by atoms with Crippen molar-refractivity contribution in [3.8, 4) is 11.3 Å². The number of rotatable bonds is 5. The molecule has 10 heteroatoms. The zero-order valence-corrected chi connectivity index (χ0v) is 19.0. The van der Waals surface area contributed by atoms with Crippen molar-refractivity contribution in [1.29, 1.82) is 0 Å². The zero-order chi connectivity index (χ0) is 22.1. The van der Waals surface area contributed by atoms with E-state index in [1.807, 2.05) is 6.92 Å². The number of morpholine rings is 1. The van der Waals surface area contributed by atoms with Crippen molar-refractivity contribution >= 4 is 27.3 Å². The third kappa shape index (κ3) is 5.18. The first-order chi connectivity index (χ1) is 14.7. The molecule has 0 spiro atoms. The lowest BCUT2D eigenvalue weighted by atomic mass is 9.83. The van der Waals surface area contributed by atoms with Crippen molar-refractivity contribution in [2.24, 2.45) is 0 Å². The van der Waals surface area contributed by atoms with Gasteiger partial charge in [-0.05, 0) is 50.8 Å². The van der Waals surface area contributed by atoms with E-state index >= 15 is 0 Å². The molecule has 8 nitrogen and oxygen atoms in total. The number of hydrogen-bond donors (Lipinski definition) is 2. The highest BCUT2D eigenvalue weighted by atomic mass is 35.5. The highest BCUT2D eigenvalue weighted by Crippen LogP contribution is 2.33. The zero-order valence-electron chi connectivity index (χ0n) is 17.4. The highest BCUT2D eigenvalue weighted by molar-refractivity contribution is 7.89. The van der Waals surface area contributed by atoms with E-state index in [0.717, 1.165) is 36.9 Å². The van der Waals surface area contributed by atoms with Gasteiger partial charge in [-0.3, -0.25) is 4.98 Å². The Hall–Kier alpha value is -1.78. The van der Waals surface area contributed by atoms with E-state index in [9.17, 15) is 13.5 Å². The number of ether oxygens (including phenoxy) is 1. The van der Waals surface area contributed by atoms with Gasteiger partial charge in [0, 0.05) is 42.8 Å². The standard InChI is InChI=1S/C21H27ClN4O4S/c1-21(27)6-4-15(5-7-21)25-19-12-20(22)24-14-17(19)18-3-2-16(13-23-18)31(28,29)26-8-10-30-11-9-26/h2-3,12-15,27H,4-11H2,1H3,(H,24,25). The van der Waals surface area contributed by atoms with Crippen LogP contribution in [0, 0.1) is 0 Å². The molecule has 0 amide bonds. The van der Waals surface area contributed by atoms with Gasteiger partial charge < -0.3 is 15.2 Å². The molecule has 2 aromatic rings. The van der Waals surface area contributed by atoms with Crippen molar-refractivity contribution in [1.82, 2.24) is 14.3 Å². The van der Waals surface area contributed by atoms with E-state index in [2.05, 4.69) is 15.3 Å². The lowest BCUT2D eigenvalue weighted by molar-refractivity contribution is 0.0196. The van der Waals surface area contributed by atoms with Gasteiger partial charge in [0.05, 0.1) is 24.5 Å². The van der Waals surface area contributed by atoms with E-state index in [-0.39, 0.29) is 10.9 Å². The summed E-state index contributed by atoms with van der Waals surface area (Å²) in [5.41, 5.74) is 1.54. The van der Waals surface area contributed by atoms with Gasteiger partial charge in [-0.25, -0.2) is 13.4 Å². The van der Waals surface area contributed by atoms with E-state index in [1.54, 1.807) is 24.4 Å². The van der Waals surface area contributed by atoms with Crippen LogP contribution in [0.2, 0.25) is 5.15 Å². The molecule has 0 bridgehead atoms. The second-order valence-electron chi connectivity index (χ2n) is 8.36. The Labute approximate surface area is 187 Å². The van der Waals surface area contributed by atoms with E-state index in [1.165, 1.54) is 10.5 Å². The molecular weight excluding hydrogens is 440 g/mol. The van der Waals surface area contributed by atoms with Crippen LogP contribution in [0.1, 0.15) is 32.6 Å². The SMILES string of the molecule is CC1(O)CCC(Nc2cc(Cl)ncc2-c2ccc(S(=O)(=O)N3CCOCC3)cn2)CC1. The summed E-state index contributed by atoms with van der Waals surface area (Å²) in [6, 6.07) is 5.22. The Balaban J connectivity index is 1.55. The van der Waals surface area contributed by atoms with Crippen LogP contribution >= 0.6 is 11.6 Å². The number of halogens is 1. The third-order valence-corrected chi connectivity index (χ3v) is 8.00. The number of hydrogen-bond acceptors (Lipinski definition) is 7. The van der Waals surface area contributed by atoms with E-state index in [4.69, 9.17) is 16.3 Å². The van der Waals surface area contributed by atoms with Gasteiger partial charge in [0.1, 0.15) is 10.0 Å². The first-order valence-corrected chi connectivity index (χ1v) is 12.3. The molecule has 1 saturated heterocycles. The van der Waals surface area contributed by atoms with Crippen LogP contribution in [0.5, 0.6) is 0 Å². The number of pyridine rings is 2. The normalized spacial score (nSPS) is 25.3. The molecule has 1 saturated carbocycles. The van der Waals surface area contributed by atoms with Crippen LogP contribution in [0.15, 0.2) is 35.5 Å². The summed E-state index contributed by atoms with van der Waals surface area (Å²) < 4.78 is 32.3. The minimum Gasteiger partial charge on any atom is -0.390 e. The smallest absolute Gasteiger partial charge is 0.244 e. The Bertz CT molecular complexity index is 1010. The number of aromatic nitrogens is 2. The summed E-state index contributed by atoms with van der Waals surface area (Å²) in [4.78, 5) is 8.75. The van der Waals surface area contributed by atoms with Gasteiger partial charge in [0.2, 0.25) is 10.0 Å². The van der Waals surface area contributed by atoms with Crippen molar-refractivity contribution in [3.05, 3.63) is 35.7 Å². The number of nitrogens with zero attached hydrogens (tertiary/aromatic N) is 3. The summed E-state index contributed by atoms with van der Waals surface area (Å²) in [5.74, 6) is 0. The van der Waals surface area contributed by atoms with Gasteiger partial charge in [0.15, 0.2) is 0 Å². The van der Waals surface area contributed by atoms with Crippen LogP contribution in [-0.4, -0.2) is 65.7 Å². The lowest BCUT2D eigenvalue weighted by Gasteiger charge is -2.34. The Morgan fingerprint density at radius 3 is 2.55 bits per heavy atom. The molecule has 168 valence electrons. The molecule has 2 aromatic heterocycles. The number of anilines is 1. The van der Waals surface area contributed by atoms with Crippen LogP contribution in [0.25, 0.3) is 11.3 Å². The van der Waals surface area contributed by atoms with Crippen LogP contribution in [0.3, 0.4) is 0 Å². The Morgan fingerprint density at radius 1 is 1.19 bits per heavy atom. The fourth-order valence-corrected chi connectivity index (χ4v) is 5.50. The summed E-state index contributed by atoms with van der Waals surface area (Å²) in [7, 11) is -3.60. The summed E-state index contributed by atoms with van der Waals surface area (Å²) in [6.07, 6.45) is 6.17. The van der Waals surface area contributed by atoms with Crippen LogP contribution in [-0.2, 0) is 14.8 Å². The predicted molar refractivity (Wildman–Crippen MR) is 119 cm³/mol. The summed E-state index contributed by atoms with van der Waals surface area (Å²) in [6.45, 7) is 3.34. The van der Waals surface area contributed by atoms with Crippen LogP contribution in [0.4, 0.5) is 5.69 Å². The second-order valence-corrected chi connectivity index (χ2v) is 10.7. The monoisotopic (exact) mass is 466 g/mol. The predicted octanol–water partition coefficient (Wildman–Crippen LogP) is 2.92. The molecule has 0 aromatic carbocycles. The quantitative estimate of drug-likeness (QED) is 0.652. The fourth-order valence-electron chi connectivity index (χ4n) is 3.99. The molecule has 0 unspecified atom stereocenters. The summed E-state index contributed by atoms with van der Waals surface area (Å²) in [5, 5.41) is 14.1. The minimum atomic E-state index is -3.60. The van der Waals surface area contributed by atoms with Crippen molar-refractivity contribution < 1.29 is 18.3 Å². The maximum Gasteiger partial charge on any atom is 0.244 e. The average molecular weight is 467 g/mol. The first-order valence-electron chi connectivity index (χ1n) is 10.4. The van der Waals surface area contributed by atoms with E-state index in [0.29, 0.717) is 37.2 Å². The van der Waals surface area contributed by atoms with Gasteiger partial charge >= 0.3 is 0 Å². The topological polar surface area (TPSA) is 105 Å². The average Bonchev–Trinajstić information content (AvgIpc) is 2.76. The fraction of sp³-hybridized carbons (Fsp3) is 0.524. The molecular formula is C21H27ClN4O4S. The second kappa shape index (κ2) is 8.99. The molecule has 2 fully saturated rings. The Morgan fingerprint density at radius 2 is 1.90 bits per heavy atom. The molecule has 3 heterocycles. The number of aliphatic hydroxyl groups is 1. The molecule has 4 rings (SSSR count). The molecule has 2 N–H and O–H groups in total. The molecule has 1 aliphatic heterocycles. The van der Waals surface area contributed by atoms with Gasteiger partial charge in [-0.2, -0.15) is 4.31 Å². The molecule has 0 radical (unpaired) electrons. The molecule has 31 heavy (non-hydrogen) atoms. The minimum absolute atomic E-state index is 0.157. The number of nitrogens with one attached hydrogen (secondary N) is 1. The molecule has 0 atom stereocenters. The maximum atomic E-state index is 12.8.